The van der Waals surface area contributed by atoms with Gasteiger partial charge in [0.2, 0.25) is 0 Å². The molecule has 2 unspecified atom stereocenters. The van der Waals surface area contributed by atoms with Crippen molar-refractivity contribution in [3.8, 4) is 0 Å². The van der Waals surface area contributed by atoms with Gasteiger partial charge in [-0.3, -0.25) is 9.59 Å². The molecule has 0 bridgehead atoms. The molecule has 0 aliphatic carbocycles. The number of rotatable bonds is 8. The maximum Gasteiger partial charge on any atom is 0.308 e. The molecule has 2 saturated heterocycles. The first-order valence-corrected chi connectivity index (χ1v) is 9.79. The van der Waals surface area contributed by atoms with Gasteiger partial charge in [0.25, 0.3) is 0 Å². The van der Waals surface area contributed by atoms with Crippen molar-refractivity contribution in [2.24, 2.45) is 0 Å². The Bertz CT molecular complexity index is 475. The lowest BCUT2D eigenvalue weighted by Gasteiger charge is -2.28. The molecule has 2 aliphatic heterocycles. The second-order valence-electron chi connectivity index (χ2n) is 7.05. The molecule has 0 saturated carbocycles. The van der Waals surface area contributed by atoms with E-state index in [1.54, 1.807) is 0 Å². The summed E-state index contributed by atoms with van der Waals surface area (Å²) in [6.07, 6.45) is 12.4. The zero-order valence-electron chi connectivity index (χ0n) is 16.4. The smallest absolute Gasteiger partial charge is 0.308 e. The van der Waals surface area contributed by atoms with Crippen molar-refractivity contribution < 1.29 is 28.9 Å². The van der Waals surface area contributed by atoms with Gasteiger partial charge in [-0.2, -0.15) is 0 Å². The summed E-state index contributed by atoms with van der Waals surface area (Å²) in [5.41, 5.74) is 0. The van der Waals surface area contributed by atoms with Crippen LogP contribution in [0, 0.1) is 0 Å². The van der Waals surface area contributed by atoms with Gasteiger partial charge < -0.3 is 19.3 Å². The molecule has 2 aliphatic rings. The largest absolute Gasteiger partial charge is 0.481 e. The standard InChI is InChI=1S/C11H18O3.C10H16O3/c1-3-5-9-6-4-7-10(14-9)8-11(12)13-2;1-2-4-8-5-3-6-9(13-8)7-10(11)12/h3,9-10H,1,4-8H2,2H3;2,8-9H,1,3-7H2,(H,11,12)/t9-,10?;8-,9?/m11/s1. The minimum Gasteiger partial charge on any atom is -0.481 e. The minimum absolute atomic E-state index is 0.0427. The van der Waals surface area contributed by atoms with Crippen LogP contribution in [-0.2, 0) is 23.8 Å². The highest BCUT2D eigenvalue weighted by Crippen LogP contribution is 2.24. The first-order chi connectivity index (χ1) is 13.0. The fourth-order valence-electron chi connectivity index (χ4n) is 3.45. The number of carbonyl (C=O) groups is 2. The normalized spacial score (nSPS) is 27.6. The fourth-order valence-corrected chi connectivity index (χ4v) is 3.45. The predicted molar refractivity (Wildman–Crippen MR) is 104 cm³/mol. The van der Waals surface area contributed by atoms with Gasteiger partial charge in [0, 0.05) is 0 Å². The molecule has 0 aromatic rings. The lowest BCUT2D eigenvalue weighted by atomic mass is 10.0. The van der Waals surface area contributed by atoms with Crippen molar-refractivity contribution in [2.75, 3.05) is 7.11 Å². The van der Waals surface area contributed by atoms with Crippen LogP contribution in [-0.4, -0.2) is 48.6 Å². The molecule has 4 atom stereocenters. The van der Waals surface area contributed by atoms with Crippen LogP contribution in [0.2, 0.25) is 0 Å². The van der Waals surface area contributed by atoms with Crippen LogP contribution >= 0.6 is 0 Å². The summed E-state index contributed by atoms with van der Waals surface area (Å²) in [5, 5.41) is 8.58. The lowest BCUT2D eigenvalue weighted by molar-refractivity contribution is -0.147. The molecule has 1 N–H and O–H groups in total. The Kier molecular flexibility index (Phi) is 11.7. The van der Waals surface area contributed by atoms with Crippen LogP contribution in [0.5, 0.6) is 0 Å². The van der Waals surface area contributed by atoms with Gasteiger partial charge >= 0.3 is 11.9 Å². The van der Waals surface area contributed by atoms with E-state index in [2.05, 4.69) is 17.9 Å². The summed E-state index contributed by atoms with van der Waals surface area (Å²) >= 11 is 0. The third kappa shape index (κ3) is 10.3. The molecule has 0 aromatic heterocycles. The molecule has 6 heteroatoms. The minimum atomic E-state index is -0.774. The Hall–Kier alpha value is -1.66. The quantitative estimate of drug-likeness (QED) is 0.504. The number of carboxylic acid groups (broad SMARTS) is 1. The number of esters is 1. The van der Waals surface area contributed by atoms with E-state index in [1.807, 2.05) is 12.2 Å². The second kappa shape index (κ2) is 13.5. The van der Waals surface area contributed by atoms with Crippen molar-refractivity contribution in [3.63, 3.8) is 0 Å². The highest BCUT2D eigenvalue weighted by Gasteiger charge is 2.24. The number of ether oxygens (including phenoxy) is 3. The molecule has 2 heterocycles. The third-order valence-corrected chi connectivity index (χ3v) is 4.76. The molecular formula is C21H34O6. The zero-order valence-corrected chi connectivity index (χ0v) is 16.4. The third-order valence-electron chi connectivity index (χ3n) is 4.76. The van der Waals surface area contributed by atoms with Crippen molar-refractivity contribution >= 4 is 11.9 Å². The SMILES string of the molecule is C=CC[C@@H]1CCCC(CC(=O)O)O1.C=CC[C@@H]1CCCC(CC(=O)OC)O1. The summed E-state index contributed by atoms with van der Waals surface area (Å²) in [7, 11) is 1.41. The number of aliphatic carboxylic acids is 1. The Balaban J connectivity index is 0.000000271. The van der Waals surface area contributed by atoms with Crippen molar-refractivity contribution in [1.82, 2.24) is 0 Å². The van der Waals surface area contributed by atoms with E-state index in [-0.39, 0.29) is 36.8 Å². The van der Waals surface area contributed by atoms with E-state index < -0.39 is 5.97 Å². The molecule has 0 aromatic carbocycles. The Morgan fingerprint density at radius 2 is 1.37 bits per heavy atom. The molecule has 0 radical (unpaired) electrons. The van der Waals surface area contributed by atoms with Gasteiger partial charge in [0.1, 0.15) is 0 Å². The van der Waals surface area contributed by atoms with Gasteiger partial charge in [-0.1, -0.05) is 12.2 Å². The van der Waals surface area contributed by atoms with Crippen LogP contribution in [0.3, 0.4) is 0 Å². The molecule has 0 amide bonds. The van der Waals surface area contributed by atoms with Crippen LogP contribution in [0.25, 0.3) is 0 Å². The molecule has 27 heavy (non-hydrogen) atoms. The van der Waals surface area contributed by atoms with Crippen LogP contribution in [0.1, 0.15) is 64.2 Å². The highest BCUT2D eigenvalue weighted by atomic mass is 16.5. The number of hydrogen-bond acceptors (Lipinski definition) is 5. The predicted octanol–water partition coefficient (Wildman–Crippen LogP) is 4.04. The van der Waals surface area contributed by atoms with Gasteiger partial charge in [0.15, 0.2) is 0 Å². The summed E-state index contributed by atoms with van der Waals surface area (Å²) in [6, 6.07) is 0. The second-order valence-corrected chi connectivity index (χ2v) is 7.05. The number of carboxylic acids is 1. The van der Waals surface area contributed by atoms with Gasteiger partial charge in [0.05, 0.1) is 44.4 Å². The Labute approximate surface area is 162 Å². The molecule has 2 fully saturated rings. The molecular weight excluding hydrogens is 348 g/mol. The first kappa shape index (κ1) is 23.4. The van der Waals surface area contributed by atoms with E-state index in [1.165, 1.54) is 7.11 Å². The number of carbonyl (C=O) groups excluding carboxylic acids is 1. The summed E-state index contributed by atoms with van der Waals surface area (Å²) in [5.74, 6) is -0.960. The number of hydrogen-bond donors (Lipinski definition) is 1. The summed E-state index contributed by atoms with van der Waals surface area (Å²) < 4.78 is 15.9. The van der Waals surface area contributed by atoms with Crippen molar-refractivity contribution in [3.05, 3.63) is 25.3 Å². The van der Waals surface area contributed by atoms with Gasteiger partial charge in [-0.25, -0.2) is 0 Å². The van der Waals surface area contributed by atoms with Gasteiger partial charge in [-0.05, 0) is 51.4 Å². The summed E-state index contributed by atoms with van der Waals surface area (Å²) in [4.78, 5) is 21.5. The molecule has 6 nitrogen and oxygen atoms in total. The molecule has 2 rings (SSSR count). The summed E-state index contributed by atoms with van der Waals surface area (Å²) in [6.45, 7) is 7.33. The Morgan fingerprint density at radius 3 is 1.78 bits per heavy atom. The lowest BCUT2D eigenvalue weighted by Crippen LogP contribution is -2.29. The van der Waals surface area contributed by atoms with E-state index >= 15 is 0 Å². The molecule has 154 valence electrons. The van der Waals surface area contributed by atoms with E-state index in [9.17, 15) is 9.59 Å². The van der Waals surface area contributed by atoms with Crippen LogP contribution < -0.4 is 0 Å². The van der Waals surface area contributed by atoms with Crippen LogP contribution in [0.15, 0.2) is 25.3 Å². The van der Waals surface area contributed by atoms with E-state index in [0.29, 0.717) is 6.42 Å². The zero-order chi connectivity index (χ0) is 20.1. The number of methoxy groups -OCH3 is 1. The van der Waals surface area contributed by atoms with Crippen molar-refractivity contribution in [2.45, 2.75) is 88.6 Å². The average Bonchev–Trinajstić information content (AvgIpc) is 2.63. The fraction of sp³-hybridized carbons (Fsp3) is 0.714. The molecule has 0 spiro atoms. The first-order valence-electron chi connectivity index (χ1n) is 9.79. The topological polar surface area (TPSA) is 82.1 Å². The van der Waals surface area contributed by atoms with E-state index in [0.717, 1.165) is 51.4 Å². The average molecular weight is 382 g/mol. The highest BCUT2D eigenvalue weighted by molar-refractivity contribution is 5.69. The Morgan fingerprint density at radius 1 is 0.926 bits per heavy atom. The maximum atomic E-state index is 11.0. The van der Waals surface area contributed by atoms with Crippen LogP contribution in [0.4, 0.5) is 0 Å². The maximum absolute atomic E-state index is 11.0. The monoisotopic (exact) mass is 382 g/mol. The van der Waals surface area contributed by atoms with E-state index in [4.69, 9.17) is 14.6 Å². The van der Waals surface area contributed by atoms with Gasteiger partial charge in [-0.15, -0.1) is 13.2 Å². The van der Waals surface area contributed by atoms with Crippen molar-refractivity contribution in [1.29, 1.82) is 0 Å².